The highest BCUT2D eigenvalue weighted by Gasteiger charge is 2.04. The summed E-state index contributed by atoms with van der Waals surface area (Å²) in [5, 5.41) is 10.4. The van der Waals surface area contributed by atoms with E-state index >= 15 is 0 Å². The zero-order chi connectivity index (χ0) is 8.72. The molecule has 0 amide bonds. The number of phenols is 1. The van der Waals surface area contributed by atoms with Crippen molar-refractivity contribution < 1.29 is 5.11 Å². The van der Waals surface area contributed by atoms with Gasteiger partial charge in [0.15, 0.2) is 0 Å². The maximum Gasteiger partial charge on any atom is 0.124 e. The van der Waals surface area contributed by atoms with E-state index < -0.39 is 0 Å². The summed E-state index contributed by atoms with van der Waals surface area (Å²) in [7, 11) is 2.00. The average molecular weight is 161 g/mol. The van der Waals surface area contributed by atoms with Gasteiger partial charge in [0.2, 0.25) is 0 Å². The summed E-state index contributed by atoms with van der Waals surface area (Å²) < 4.78 is 2.06. The monoisotopic (exact) mass is 161 g/mol. The van der Waals surface area contributed by atoms with Crippen molar-refractivity contribution in [1.82, 2.24) is 4.57 Å². The predicted octanol–water partition coefficient (Wildman–Crippen LogP) is 2.19. The van der Waals surface area contributed by atoms with Crippen molar-refractivity contribution in [3.8, 4) is 5.75 Å². The Balaban J connectivity index is 2.95. The second-order valence-electron chi connectivity index (χ2n) is 3.05. The van der Waals surface area contributed by atoms with Crippen molar-refractivity contribution in [2.24, 2.45) is 7.05 Å². The topological polar surface area (TPSA) is 25.2 Å². The van der Waals surface area contributed by atoms with Crippen LogP contribution in [0.1, 0.15) is 5.69 Å². The zero-order valence-corrected chi connectivity index (χ0v) is 7.20. The van der Waals surface area contributed by atoms with Crippen molar-refractivity contribution in [3.05, 3.63) is 30.0 Å². The van der Waals surface area contributed by atoms with Crippen LogP contribution in [-0.4, -0.2) is 9.67 Å². The maximum atomic E-state index is 9.50. The summed E-state index contributed by atoms with van der Waals surface area (Å²) in [5.41, 5.74) is 2.24. The van der Waals surface area contributed by atoms with Crippen molar-refractivity contribution >= 4 is 10.9 Å². The van der Waals surface area contributed by atoms with Crippen LogP contribution in [0, 0.1) is 6.92 Å². The molecule has 0 saturated carbocycles. The Hall–Kier alpha value is -1.44. The van der Waals surface area contributed by atoms with Crippen molar-refractivity contribution in [1.29, 1.82) is 0 Å². The molecule has 1 heterocycles. The van der Waals surface area contributed by atoms with Crippen LogP contribution in [-0.2, 0) is 7.05 Å². The Morgan fingerprint density at radius 2 is 2.08 bits per heavy atom. The minimum atomic E-state index is 0.358. The molecule has 2 aromatic rings. The fraction of sp³-hybridized carbons (Fsp3) is 0.200. The molecule has 0 bridgehead atoms. The van der Waals surface area contributed by atoms with Crippen LogP contribution in [0.3, 0.4) is 0 Å². The molecule has 1 N–H and O–H groups in total. The molecule has 0 spiro atoms. The third-order valence-corrected chi connectivity index (χ3v) is 2.30. The average Bonchev–Trinajstić information content (AvgIpc) is 2.32. The first-order valence-corrected chi connectivity index (χ1v) is 3.94. The molecule has 0 radical (unpaired) electrons. The molecule has 2 rings (SSSR count). The highest BCUT2D eigenvalue weighted by molar-refractivity contribution is 5.86. The molecular weight excluding hydrogens is 150 g/mol. The van der Waals surface area contributed by atoms with Gasteiger partial charge < -0.3 is 9.67 Å². The van der Waals surface area contributed by atoms with Crippen molar-refractivity contribution in [3.63, 3.8) is 0 Å². The largest absolute Gasteiger partial charge is 0.507 e. The molecular formula is C10H11NO. The van der Waals surface area contributed by atoms with Gasteiger partial charge in [0.1, 0.15) is 5.75 Å². The van der Waals surface area contributed by atoms with Gasteiger partial charge in [0.25, 0.3) is 0 Å². The molecule has 1 aromatic heterocycles. The van der Waals surface area contributed by atoms with Gasteiger partial charge in [0.05, 0.1) is 5.52 Å². The van der Waals surface area contributed by atoms with E-state index in [0.717, 1.165) is 16.6 Å². The number of aromatic nitrogens is 1. The Morgan fingerprint density at radius 1 is 1.33 bits per heavy atom. The number of aryl methyl sites for hydroxylation is 2. The van der Waals surface area contributed by atoms with E-state index in [2.05, 4.69) is 4.57 Å². The minimum Gasteiger partial charge on any atom is -0.507 e. The van der Waals surface area contributed by atoms with Gasteiger partial charge in [-0.1, -0.05) is 6.07 Å². The number of hydrogen-bond acceptors (Lipinski definition) is 1. The Kier molecular flexibility index (Phi) is 1.37. The zero-order valence-electron chi connectivity index (χ0n) is 7.20. The molecule has 2 heteroatoms. The van der Waals surface area contributed by atoms with Gasteiger partial charge in [0, 0.05) is 18.1 Å². The van der Waals surface area contributed by atoms with E-state index in [4.69, 9.17) is 0 Å². The number of phenolic OH excluding ortho intramolecular Hbond substituents is 1. The number of benzene rings is 1. The smallest absolute Gasteiger partial charge is 0.124 e. The third-order valence-electron chi connectivity index (χ3n) is 2.30. The van der Waals surface area contributed by atoms with Gasteiger partial charge >= 0.3 is 0 Å². The van der Waals surface area contributed by atoms with Gasteiger partial charge in [-0.05, 0) is 25.1 Å². The van der Waals surface area contributed by atoms with Crippen LogP contribution in [0.15, 0.2) is 24.3 Å². The lowest BCUT2D eigenvalue weighted by atomic mass is 10.2. The second-order valence-corrected chi connectivity index (χ2v) is 3.05. The molecule has 1 aromatic carbocycles. The molecule has 0 aliphatic heterocycles. The molecule has 0 unspecified atom stereocenters. The molecule has 0 atom stereocenters. The molecule has 12 heavy (non-hydrogen) atoms. The van der Waals surface area contributed by atoms with Gasteiger partial charge in [-0.15, -0.1) is 0 Å². The van der Waals surface area contributed by atoms with Crippen LogP contribution in [0.25, 0.3) is 10.9 Å². The number of fused-ring (bicyclic) bond motifs is 1. The molecule has 0 saturated heterocycles. The minimum absolute atomic E-state index is 0.358. The molecule has 62 valence electrons. The fourth-order valence-corrected chi connectivity index (χ4v) is 1.48. The standard InChI is InChI=1S/C10H11NO/c1-7-6-8-9(11(7)2)4-3-5-10(8)12/h3-6,12H,1-2H3. The van der Waals surface area contributed by atoms with Crippen molar-refractivity contribution in [2.45, 2.75) is 6.92 Å². The summed E-state index contributed by atoms with van der Waals surface area (Å²) in [6.45, 7) is 2.03. The van der Waals surface area contributed by atoms with E-state index in [1.54, 1.807) is 6.07 Å². The van der Waals surface area contributed by atoms with E-state index in [0.29, 0.717) is 5.75 Å². The number of nitrogens with zero attached hydrogens (tertiary/aromatic N) is 1. The Bertz CT molecular complexity index is 429. The quantitative estimate of drug-likeness (QED) is 0.629. The van der Waals surface area contributed by atoms with Crippen molar-refractivity contribution in [2.75, 3.05) is 0 Å². The number of rotatable bonds is 0. The summed E-state index contributed by atoms with van der Waals surface area (Å²) in [6, 6.07) is 7.56. The first-order valence-electron chi connectivity index (χ1n) is 3.94. The normalized spacial score (nSPS) is 10.8. The van der Waals surface area contributed by atoms with Crippen LogP contribution in [0.4, 0.5) is 0 Å². The summed E-state index contributed by atoms with van der Waals surface area (Å²) in [5.74, 6) is 0.358. The molecule has 0 aliphatic carbocycles. The lowest BCUT2D eigenvalue weighted by Crippen LogP contribution is -1.88. The van der Waals surface area contributed by atoms with Gasteiger partial charge in [-0.25, -0.2) is 0 Å². The van der Waals surface area contributed by atoms with E-state index in [-0.39, 0.29) is 0 Å². The summed E-state index contributed by atoms with van der Waals surface area (Å²) in [6.07, 6.45) is 0. The van der Waals surface area contributed by atoms with E-state index in [1.807, 2.05) is 32.2 Å². The SMILES string of the molecule is Cc1cc2c(O)cccc2n1C. The van der Waals surface area contributed by atoms with Crippen LogP contribution < -0.4 is 0 Å². The second kappa shape index (κ2) is 2.27. The first kappa shape index (κ1) is 7.22. The maximum absolute atomic E-state index is 9.50. The molecule has 0 fully saturated rings. The van der Waals surface area contributed by atoms with Gasteiger partial charge in [-0.3, -0.25) is 0 Å². The lowest BCUT2D eigenvalue weighted by Gasteiger charge is -1.98. The predicted molar refractivity (Wildman–Crippen MR) is 49.3 cm³/mol. The summed E-state index contributed by atoms with van der Waals surface area (Å²) >= 11 is 0. The first-order chi connectivity index (χ1) is 5.70. The molecule has 0 aliphatic rings. The fourth-order valence-electron chi connectivity index (χ4n) is 1.48. The summed E-state index contributed by atoms with van der Waals surface area (Å²) in [4.78, 5) is 0. The van der Waals surface area contributed by atoms with E-state index in [9.17, 15) is 5.11 Å². The molecule has 2 nitrogen and oxygen atoms in total. The Labute approximate surface area is 71.1 Å². The number of hydrogen-bond donors (Lipinski definition) is 1. The highest BCUT2D eigenvalue weighted by atomic mass is 16.3. The van der Waals surface area contributed by atoms with Crippen LogP contribution >= 0.6 is 0 Å². The van der Waals surface area contributed by atoms with Crippen LogP contribution in [0.2, 0.25) is 0 Å². The van der Waals surface area contributed by atoms with Crippen LogP contribution in [0.5, 0.6) is 5.75 Å². The number of aromatic hydroxyl groups is 1. The Morgan fingerprint density at radius 3 is 2.75 bits per heavy atom. The highest BCUT2D eigenvalue weighted by Crippen LogP contribution is 2.26. The lowest BCUT2D eigenvalue weighted by molar-refractivity contribution is 0.481. The van der Waals surface area contributed by atoms with Gasteiger partial charge in [-0.2, -0.15) is 0 Å². The third kappa shape index (κ3) is 0.811. The van der Waals surface area contributed by atoms with E-state index in [1.165, 1.54) is 0 Å².